The molecular formula is C19H18BrN5O3S. The number of benzene rings is 2. The molecule has 10 heteroatoms. The topological polar surface area (TPSA) is 104 Å². The van der Waals surface area contributed by atoms with E-state index >= 15 is 0 Å². The molecule has 0 aliphatic carbocycles. The molecule has 29 heavy (non-hydrogen) atoms. The molecule has 0 spiro atoms. The average Bonchev–Trinajstić information content (AvgIpc) is 3.11. The van der Waals surface area contributed by atoms with Gasteiger partial charge in [0.1, 0.15) is 12.7 Å². The van der Waals surface area contributed by atoms with Crippen molar-refractivity contribution < 1.29 is 14.3 Å². The quantitative estimate of drug-likeness (QED) is 0.416. The van der Waals surface area contributed by atoms with Crippen LogP contribution in [0.2, 0.25) is 0 Å². The van der Waals surface area contributed by atoms with Crippen LogP contribution in [-0.4, -0.2) is 45.8 Å². The first-order valence-electron chi connectivity index (χ1n) is 8.85. The number of carbonyl (C=O) groups excluding carboxylic acids is 1. The minimum atomic E-state index is -0.237. The lowest BCUT2D eigenvalue weighted by Crippen LogP contribution is -2.41. The van der Waals surface area contributed by atoms with E-state index < -0.39 is 0 Å². The number of amides is 1. The Morgan fingerprint density at radius 3 is 2.79 bits per heavy atom. The second-order valence-electron chi connectivity index (χ2n) is 6.25. The van der Waals surface area contributed by atoms with Gasteiger partial charge in [0.05, 0.1) is 12.3 Å². The summed E-state index contributed by atoms with van der Waals surface area (Å²) in [5.41, 5.74) is 0.827. The zero-order chi connectivity index (χ0) is 20.2. The number of ether oxygens (including phenoxy) is 2. The molecule has 150 valence electrons. The molecule has 2 heterocycles. The van der Waals surface area contributed by atoms with E-state index in [0.29, 0.717) is 35.6 Å². The Bertz CT molecular complexity index is 1030. The van der Waals surface area contributed by atoms with E-state index in [0.717, 1.165) is 10.0 Å². The third-order valence-electron chi connectivity index (χ3n) is 4.21. The molecule has 1 aliphatic rings. The lowest BCUT2D eigenvalue weighted by atomic mass is 10.2. The summed E-state index contributed by atoms with van der Waals surface area (Å²) < 4.78 is 13.7. The highest BCUT2D eigenvalue weighted by Crippen LogP contribution is 2.31. The van der Waals surface area contributed by atoms with E-state index in [1.807, 2.05) is 48.5 Å². The Kier molecular flexibility index (Phi) is 5.91. The first kappa shape index (κ1) is 19.6. The van der Waals surface area contributed by atoms with Gasteiger partial charge in [-0.05, 0) is 24.3 Å². The van der Waals surface area contributed by atoms with Crippen molar-refractivity contribution in [1.82, 2.24) is 20.2 Å². The number of nitrogen functional groups attached to an aromatic ring is 1. The van der Waals surface area contributed by atoms with E-state index in [9.17, 15) is 4.79 Å². The van der Waals surface area contributed by atoms with Gasteiger partial charge in [0.15, 0.2) is 17.3 Å². The molecular weight excluding hydrogens is 458 g/mol. The molecule has 1 aromatic heterocycles. The zero-order valence-electron chi connectivity index (χ0n) is 15.2. The molecule has 3 aromatic rings. The number of halogens is 1. The number of para-hydroxylation sites is 2. The maximum atomic E-state index is 12.2. The lowest BCUT2D eigenvalue weighted by molar-refractivity contribution is -0.119. The van der Waals surface area contributed by atoms with Gasteiger partial charge in [-0.15, -0.1) is 10.2 Å². The third kappa shape index (κ3) is 4.48. The SMILES string of the molecule is Nn1c(SCC(=O)NCC2COc3ccccc3O2)nnc1-c1ccccc1Br. The van der Waals surface area contributed by atoms with Crippen molar-refractivity contribution in [2.24, 2.45) is 0 Å². The van der Waals surface area contributed by atoms with Crippen LogP contribution in [0.4, 0.5) is 0 Å². The van der Waals surface area contributed by atoms with Crippen LogP contribution in [0.3, 0.4) is 0 Å². The van der Waals surface area contributed by atoms with Gasteiger partial charge < -0.3 is 20.6 Å². The average molecular weight is 476 g/mol. The second-order valence-corrected chi connectivity index (χ2v) is 8.04. The fraction of sp³-hybridized carbons (Fsp3) is 0.211. The normalized spacial score (nSPS) is 15.1. The number of thioether (sulfide) groups is 1. The van der Waals surface area contributed by atoms with Crippen LogP contribution in [0.15, 0.2) is 58.2 Å². The monoisotopic (exact) mass is 475 g/mol. The number of nitrogens with zero attached hydrogens (tertiary/aromatic N) is 3. The maximum Gasteiger partial charge on any atom is 0.230 e. The minimum absolute atomic E-state index is 0.150. The molecule has 0 bridgehead atoms. The van der Waals surface area contributed by atoms with Crippen molar-refractivity contribution in [2.45, 2.75) is 11.3 Å². The van der Waals surface area contributed by atoms with Crippen LogP contribution in [0.1, 0.15) is 0 Å². The molecule has 8 nitrogen and oxygen atoms in total. The zero-order valence-corrected chi connectivity index (χ0v) is 17.6. The Labute approximate surface area is 179 Å². The van der Waals surface area contributed by atoms with Crippen molar-refractivity contribution in [2.75, 3.05) is 24.7 Å². The molecule has 1 unspecified atom stereocenters. The van der Waals surface area contributed by atoms with Gasteiger partial charge in [0.2, 0.25) is 11.1 Å². The number of carbonyl (C=O) groups is 1. The van der Waals surface area contributed by atoms with Crippen molar-refractivity contribution in [3.63, 3.8) is 0 Å². The fourth-order valence-corrected chi connectivity index (χ4v) is 3.92. The van der Waals surface area contributed by atoms with Crippen LogP contribution in [0.5, 0.6) is 11.5 Å². The molecule has 4 rings (SSSR count). The van der Waals surface area contributed by atoms with E-state index in [1.165, 1.54) is 16.4 Å². The Hall–Kier alpha value is -2.72. The van der Waals surface area contributed by atoms with Gasteiger partial charge in [-0.2, -0.15) is 0 Å². The molecule has 3 N–H and O–H groups in total. The summed E-state index contributed by atoms with van der Waals surface area (Å²) in [4.78, 5) is 12.2. The summed E-state index contributed by atoms with van der Waals surface area (Å²) in [6.45, 7) is 0.738. The molecule has 1 atom stereocenters. The van der Waals surface area contributed by atoms with Crippen molar-refractivity contribution >= 4 is 33.6 Å². The first-order valence-corrected chi connectivity index (χ1v) is 10.6. The van der Waals surface area contributed by atoms with Gasteiger partial charge in [0, 0.05) is 10.0 Å². The molecule has 0 saturated heterocycles. The highest BCUT2D eigenvalue weighted by molar-refractivity contribution is 9.10. The lowest BCUT2D eigenvalue weighted by Gasteiger charge is -2.26. The predicted octanol–water partition coefficient (Wildman–Crippen LogP) is 2.47. The van der Waals surface area contributed by atoms with Gasteiger partial charge in [-0.3, -0.25) is 4.79 Å². The number of hydrogen-bond donors (Lipinski definition) is 2. The molecule has 0 radical (unpaired) electrons. The summed E-state index contributed by atoms with van der Waals surface area (Å²) in [6.07, 6.45) is -0.237. The van der Waals surface area contributed by atoms with Gasteiger partial charge in [-0.1, -0.05) is 52.0 Å². The highest BCUT2D eigenvalue weighted by Gasteiger charge is 2.21. The smallest absolute Gasteiger partial charge is 0.230 e. The van der Waals surface area contributed by atoms with E-state index in [-0.39, 0.29) is 17.8 Å². The number of fused-ring (bicyclic) bond motifs is 1. The molecule has 0 saturated carbocycles. The molecule has 1 aliphatic heterocycles. The van der Waals surface area contributed by atoms with Crippen molar-refractivity contribution in [3.05, 3.63) is 53.0 Å². The number of aromatic nitrogens is 3. The van der Waals surface area contributed by atoms with Gasteiger partial charge in [-0.25, -0.2) is 4.68 Å². The Morgan fingerprint density at radius 2 is 1.97 bits per heavy atom. The maximum absolute atomic E-state index is 12.2. The number of rotatable bonds is 6. The van der Waals surface area contributed by atoms with Crippen molar-refractivity contribution in [1.29, 1.82) is 0 Å². The standard InChI is InChI=1S/C19H18BrN5O3S/c20-14-6-2-1-5-13(14)18-23-24-19(25(18)21)29-11-17(26)22-9-12-10-27-15-7-3-4-8-16(15)28-12/h1-8,12H,9-11,21H2,(H,22,26). The summed E-state index contributed by atoms with van der Waals surface area (Å²) in [6, 6.07) is 15.1. The largest absolute Gasteiger partial charge is 0.486 e. The minimum Gasteiger partial charge on any atom is -0.486 e. The van der Waals surface area contributed by atoms with Crippen LogP contribution >= 0.6 is 27.7 Å². The van der Waals surface area contributed by atoms with Crippen molar-refractivity contribution in [3.8, 4) is 22.9 Å². The van der Waals surface area contributed by atoms with Gasteiger partial charge in [0.25, 0.3) is 0 Å². The summed E-state index contributed by atoms with van der Waals surface area (Å²) in [7, 11) is 0. The van der Waals surface area contributed by atoms with Crippen LogP contribution in [0.25, 0.3) is 11.4 Å². The molecule has 0 fully saturated rings. The number of nitrogens with one attached hydrogen (secondary N) is 1. The number of nitrogens with two attached hydrogens (primary N) is 1. The fourth-order valence-electron chi connectivity index (χ4n) is 2.77. The summed E-state index contributed by atoms with van der Waals surface area (Å²) in [5.74, 6) is 8.04. The predicted molar refractivity (Wildman–Crippen MR) is 113 cm³/mol. The summed E-state index contributed by atoms with van der Waals surface area (Å²) >= 11 is 4.69. The number of hydrogen-bond acceptors (Lipinski definition) is 7. The summed E-state index contributed by atoms with van der Waals surface area (Å²) in [5, 5.41) is 11.5. The molecule has 1 amide bonds. The van der Waals surface area contributed by atoms with E-state index in [2.05, 4.69) is 31.4 Å². The Morgan fingerprint density at radius 1 is 1.21 bits per heavy atom. The van der Waals surface area contributed by atoms with E-state index in [4.69, 9.17) is 15.3 Å². The van der Waals surface area contributed by atoms with E-state index in [1.54, 1.807) is 0 Å². The van der Waals surface area contributed by atoms with Crippen LogP contribution < -0.4 is 20.6 Å². The second kappa shape index (κ2) is 8.75. The van der Waals surface area contributed by atoms with Gasteiger partial charge >= 0.3 is 0 Å². The van der Waals surface area contributed by atoms with Crippen LogP contribution in [0, 0.1) is 0 Å². The molecule has 2 aromatic carbocycles. The first-order chi connectivity index (χ1) is 14.1. The third-order valence-corrected chi connectivity index (χ3v) is 5.84. The highest BCUT2D eigenvalue weighted by atomic mass is 79.9. The Balaban J connectivity index is 1.29. The van der Waals surface area contributed by atoms with Crippen LogP contribution in [-0.2, 0) is 4.79 Å².